The van der Waals surface area contributed by atoms with Gasteiger partial charge in [0.05, 0.1) is 20.3 Å². The van der Waals surface area contributed by atoms with E-state index in [0.29, 0.717) is 22.9 Å². The van der Waals surface area contributed by atoms with Gasteiger partial charge in [0.15, 0.2) is 11.5 Å². The lowest BCUT2D eigenvalue weighted by Crippen LogP contribution is -2.36. The van der Waals surface area contributed by atoms with Gasteiger partial charge in [-0.25, -0.2) is 0 Å². The number of methoxy groups -OCH3 is 2. The van der Waals surface area contributed by atoms with E-state index in [9.17, 15) is 9.90 Å². The van der Waals surface area contributed by atoms with E-state index in [0.717, 1.165) is 12.8 Å². The van der Waals surface area contributed by atoms with Gasteiger partial charge in [-0.3, -0.25) is 4.79 Å². The summed E-state index contributed by atoms with van der Waals surface area (Å²) in [4.78, 5) is 16.3. The summed E-state index contributed by atoms with van der Waals surface area (Å²) in [6, 6.07) is 4.50. The predicted molar refractivity (Wildman–Crippen MR) is 88.1 cm³/mol. The fourth-order valence-electron chi connectivity index (χ4n) is 2.46. The van der Waals surface area contributed by atoms with Crippen molar-refractivity contribution in [3.05, 3.63) is 24.1 Å². The van der Waals surface area contributed by atoms with E-state index in [1.165, 1.54) is 0 Å². The Bertz CT molecular complexity index is 754. The van der Waals surface area contributed by atoms with Gasteiger partial charge in [0.25, 0.3) is 5.89 Å². The average Bonchev–Trinajstić information content (AvgIpc) is 3.36. The summed E-state index contributed by atoms with van der Waals surface area (Å²) in [5.74, 6) is 1.55. The summed E-state index contributed by atoms with van der Waals surface area (Å²) < 4.78 is 15.7. The molecule has 8 nitrogen and oxygen atoms in total. The molecule has 2 aromatic rings. The van der Waals surface area contributed by atoms with Gasteiger partial charge in [0, 0.05) is 11.5 Å². The Hall–Kier alpha value is -2.61. The average molecular weight is 347 g/mol. The molecule has 25 heavy (non-hydrogen) atoms. The van der Waals surface area contributed by atoms with Crippen LogP contribution >= 0.6 is 0 Å². The van der Waals surface area contributed by atoms with E-state index in [4.69, 9.17) is 14.0 Å². The van der Waals surface area contributed by atoms with Gasteiger partial charge in [0.1, 0.15) is 6.04 Å². The van der Waals surface area contributed by atoms with Gasteiger partial charge < -0.3 is 24.4 Å². The third-order valence-corrected chi connectivity index (χ3v) is 4.08. The highest BCUT2D eigenvalue weighted by molar-refractivity contribution is 5.81. The van der Waals surface area contributed by atoms with Crippen molar-refractivity contribution in [1.82, 2.24) is 15.5 Å². The fraction of sp³-hybridized carbons (Fsp3) is 0.471. The smallest absolute Gasteiger partial charge is 0.252 e. The lowest BCUT2D eigenvalue weighted by Gasteiger charge is -2.17. The Morgan fingerprint density at radius 2 is 2.04 bits per heavy atom. The number of amides is 1. The minimum absolute atomic E-state index is 0.0227. The highest BCUT2D eigenvalue weighted by Crippen LogP contribution is 2.32. The molecule has 0 unspecified atom stereocenters. The van der Waals surface area contributed by atoms with Crippen molar-refractivity contribution in [1.29, 1.82) is 0 Å². The van der Waals surface area contributed by atoms with E-state index in [2.05, 4.69) is 15.5 Å². The first kappa shape index (κ1) is 17.2. The van der Waals surface area contributed by atoms with E-state index in [-0.39, 0.29) is 17.7 Å². The van der Waals surface area contributed by atoms with Crippen LogP contribution in [0.3, 0.4) is 0 Å². The topological polar surface area (TPSA) is 107 Å². The van der Waals surface area contributed by atoms with Crippen LogP contribution in [0.1, 0.15) is 31.7 Å². The molecule has 134 valence electrons. The van der Waals surface area contributed by atoms with E-state index in [1.54, 1.807) is 39.3 Å². The first-order chi connectivity index (χ1) is 12.0. The van der Waals surface area contributed by atoms with Crippen molar-refractivity contribution < 1.29 is 23.9 Å². The zero-order chi connectivity index (χ0) is 18.0. The second-order valence-electron chi connectivity index (χ2n) is 6.03. The Balaban J connectivity index is 1.83. The van der Waals surface area contributed by atoms with Crippen LogP contribution < -0.4 is 14.8 Å². The maximum Gasteiger partial charge on any atom is 0.252 e. The standard InChI is InChI=1S/C17H21N3O5/c1-9(21)14(18-16(22)10-4-5-10)17-19-15(20-25-17)11-6-7-12(23-2)13(8-11)24-3/h6-10,14,21H,4-5H2,1-3H3,(H,18,22)/t9-,14+/m1/s1. The third kappa shape index (κ3) is 3.74. The van der Waals surface area contributed by atoms with Gasteiger partial charge in [-0.1, -0.05) is 5.16 Å². The fourth-order valence-corrected chi connectivity index (χ4v) is 2.46. The van der Waals surface area contributed by atoms with Crippen LogP contribution in [0.4, 0.5) is 0 Å². The summed E-state index contributed by atoms with van der Waals surface area (Å²) >= 11 is 0. The number of aliphatic hydroxyl groups excluding tert-OH is 1. The van der Waals surface area contributed by atoms with Crippen molar-refractivity contribution in [2.24, 2.45) is 5.92 Å². The van der Waals surface area contributed by atoms with E-state index < -0.39 is 12.1 Å². The number of carbonyl (C=O) groups excluding carboxylic acids is 1. The normalized spacial score (nSPS) is 16.2. The lowest BCUT2D eigenvalue weighted by atomic mass is 10.1. The third-order valence-electron chi connectivity index (χ3n) is 4.08. The summed E-state index contributed by atoms with van der Waals surface area (Å²) in [6.45, 7) is 1.57. The Morgan fingerprint density at radius 3 is 2.64 bits per heavy atom. The zero-order valence-corrected chi connectivity index (χ0v) is 14.4. The Labute approximate surface area is 145 Å². The second-order valence-corrected chi connectivity index (χ2v) is 6.03. The molecule has 0 saturated heterocycles. The molecule has 2 N–H and O–H groups in total. The summed E-state index contributed by atoms with van der Waals surface area (Å²) in [7, 11) is 3.10. The molecule has 2 atom stereocenters. The van der Waals surface area contributed by atoms with Crippen LogP contribution in [0.15, 0.2) is 22.7 Å². The Kier molecular flexibility index (Phi) is 4.89. The van der Waals surface area contributed by atoms with Crippen LogP contribution in [-0.2, 0) is 4.79 Å². The molecule has 1 aromatic carbocycles. The summed E-state index contributed by atoms with van der Waals surface area (Å²) in [5.41, 5.74) is 0.672. The molecule has 0 radical (unpaired) electrons. The monoisotopic (exact) mass is 347 g/mol. The van der Waals surface area contributed by atoms with Gasteiger partial charge in [-0.05, 0) is 38.0 Å². The number of ether oxygens (including phenoxy) is 2. The number of aliphatic hydroxyl groups is 1. The molecule has 3 rings (SSSR count). The summed E-state index contributed by atoms with van der Waals surface area (Å²) in [5, 5.41) is 16.7. The lowest BCUT2D eigenvalue weighted by molar-refractivity contribution is -0.124. The number of hydrogen-bond donors (Lipinski definition) is 2. The quantitative estimate of drug-likeness (QED) is 0.785. The molecule has 1 saturated carbocycles. The van der Waals surface area contributed by atoms with Crippen molar-refractivity contribution in [3.63, 3.8) is 0 Å². The second kappa shape index (κ2) is 7.10. The van der Waals surface area contributed by atoms with Crippen LogP contribution in [0.5, 0.6) is 11.5 Å². The zero-order valence-electron chi connectivity index (χ0n) is 14.4. The highest BCUT2D eigenvalue weighted by Gasteiger charge is 2.34. The molecule has 8 heteroatoms. The largest absolute Gasteiger partial charge is 0.493 e. The number of carbonyl (C=O) groups is 1. The first-order valence-electron chi connectivity index (χ1n) is 8.08. The molecule has 0 bridgehead atoms. The maximum absolute atomic E-state index is 12.0. The summed E-state index contributed by atoms with van der Waals surface area (Å²) in [6.07, 6.45) is 0.888. The Morgan fingerprint density at radius 1 is 1.32 bits per heavy atom. The van der Waals surface area contributed by atoms with Crippen molar-refractivity contribution in [2.45, 2.75) is 31.9 Å². The number of hydrogen-bond acceptors (Lipinski definition) is 7. The number of rotatable bonds is 7. The van der Waals surface area contributed by atoms with Gasteiger partial charge in [-0.2, -0.15) is 4.98 Å². The van der Waals surface area contributed by atoms with Crippen molar-refractivity contribution in [3.8, 4) is 22.9 Å². The van der Waals surface area contributed by atoms with Gasteiger partial charge >= 0.3 is 0 Å². The van der Waals surface area contributed by atoms with E-state index >= 15 is 0 Å². The first-order valence-corrected chi connectivity index (χ1v) is 8.08. The van der Waals surface area contributed by atoms with Crippen LogP contribution in [0.25, 0.3) is 11.4 Å². The maximum atomic E-state index is 12.0. The molecule has 1 amide bonds. The van der Waals surface area contributed by atoms with Gasteiger partial charge in [0.2, 0.25) is 11.7 Å². The van der Waals surface area contributed by atoms with Crippen LogP contribution in [0, 0.1) is 5.92 Å². The number of nitrogens with zero attached hydrogens (tertiary/aromatic N) is 2. The number of benzene rings is 1. The van der Waals surface area contributed by atoms with Crippen LogP contribution in [0.2, 0.25) is 0 Å². The minimum Gasteiger partial charge on any atom is -0.493 e. The molecule has 1 aromatic heterocycles. The van der Waals surface area contributed by atoms with Crippen molar-refractivity contribution in [2.75, 3.05) is 14.2 Å². The van der Waals surface area contributed by atoms with Gasteiger partial charge in [-0.15, -0.1) is 0 Å². The minimum atomic E-state index is -0.860. The molecule has 1 heterocycles. The molecule has 0 spiro atoms. The van der Waals surface area contributed by atoms with E-state index in [1.807, 2.05) is 0 Å². The molecule has 1 aliphatic rings. The van der Waals surface area contributed by atoms with Crippen LogP contribution in [-0.4, -0.2) is 41.5 Å². The highest BCUT2D eigenvalue weighted by atomic mass is 16.5. The number of aromatic nitrogens is 2. The molecule has 1 aliphatic carbocycles. The SMILES string of the molecule is COc1ccc(-c2noc([C@@H](NC(=O)C3CC3)[C@@H](C)O)n2)cc1OC. The predicted octanol–water partition coefficient (Wildman–Crippen LogP) is 1.70. The van der Waals surface area contributed by atoms with Crippen molar-refractivity contribution >= 4 is 5.91 Å². The molecule has 0 aliphatic heterocycles. The molecular formula is C17H21N3O5. The number of nitrogens with one attached hydrogen (secondary N) is 1. The molecule has 1 fully saturated rings. The molecular weight excluding hydrogens is 326 g/mol.